The Morgan fingerprint density at radius 3 is 2.53 bits per heavy atom. The van der Waals surface area contributed by atoms with E-state index >= 15 is 0 Å². The van der Waals surface area contributed by atoms with Crippen molar-refractivity contribution in [2.24, 2.45) is 0 Å². The molecule has 0 aliphatic heterocycles. The van der Waals surface area contributed by atoms with Crippen LogP contribution in [0.4, 0.5) is 0 Å². The molecule has 102 valence electrons. The maximum Gasteiger partial charge on any atom is 0.122 e. The molecule has 1 atom stereocenters. The Kier molecular flexibility index (Phi) is 4.19. The van der Waals surface area contributed by atoms with Crippen molar-refractivity contribution in [1.82, 2.24) is 9.78 Å². The minimum absolute atomic E-state index is 0.129. The van der Waals surface area contributed by atoms with Crippen molar-refractivity contribution in [3.63, 3.8) is 0 Å². The third-order valence-corrected chi connectivity index (χ3v) is 3.59. The van der Waals surface area contributed by atoms with E-state index in [4.69, 9.17) is 23.2 Å². The third kappa shape index (κ3) is 2.78. The van der Waals surface area contributed by atoms with Gasteiger partial charge in [0.15, 0.2) is 0 Å². The van der Waals surface area contributed by atoms with Gasteiger partial charge in [0.2, 0.25) is 0 Å². The maximum absolute atomic E-state index is 10.6. The van der Waals surface area contributed by atoms with Crippen molar-refractivity contribution < 1.29 is 5.11 Å². The Labute approximate surface area is 122 Å². The SMILES string of the molecule is Cc1cc(Cl)ccc1C(O)c1c(Cl)cnn1C(C)C. The van der Waals surface area contributed by atoms with Crippen LogP contribution in [0.5, 0.6) is 0 Å². The summed E-state index contributed by atoms with van der Waals surface area (Å²) in [5.74, 6) is 0. The molecule has 19 heavy (non-hydrogen) atoms. The number of benzene rings is 1. The summed E-state index contributed by atoms with van der Waals surface area (Å²) < 4.78 is 1.74. The highest BCUT2D eigenvalue weighted by molar-refractivity contribution is 6.31. The second-order valence-electron chi connectivity index (χ2n) is 4.82. The van der Waals surface area contributed by atoms with E-state index in [1.807, 2.05) is 32.9 Å². The number of aliphatic hydroxyl groups is 1. The highest BCUT2D eigenvalue weighted by atomic mass is 35.5. The van der Waals surface area contributed by atoms with E-state index < -0.39 is 6.10 Å². The quantitative estimate of drug-likeness (QED) is 0.924. The lowest BCUT2D eigenvalue weighted by molar-refractivity contribution is 0.204. The summed E-state index contributed by atoms with van der Waals surface area (Å²) in [6.07, 6.45) is 0.750. The fourth-order valence-corrected chi connectivity index (χ4v) is 2.57. The number of rotatable bonds is 3. The molecule has 1 aromatic heterocycles. The standard InChI is InChI=1S/C14H16Cl2N2O/c1-8(2)18-13(12(16)7-17-18)14(19)11-5-4-10(15)6-9(11)3/h4-8,14,19H,1-3H3. The number of aromatic nitrogens is 2. The number of hydrogen-bond acceptors (Lipinski definition) is 2. The van der Waals surface area contributed by atoms with Crippen LogP contribution in [0.1, 0.15) is 42.8 Å². The summed E-state index contributed by atoms with van der Waals surface area (Å²) in [4.78, 5) is 0. The second-order valence-corrected chi connectivity index (χ2v) is 5.66. The first-order chi connectivity index (χ1) is 8.91. The molecule has 3 nitrogen and oxygen atoms in total. The third-order valence-electron chi connectivity index (χ3n) is 3.06. The zero-order chi connectivity index (χ0) is 14.2. The van der Waals surface area contributed by atoms with Crippen molar-refractivity contribution >= 4 is 23.2 Å². The average Bonchev–Trinajstić information content (AvgIpc) is 2.70. The van der Waals surface area contributed by atoms with Crippen LogP contribution in [0, 0.1) is 6.92 Å². The van der Waals surface area contributed by atoms with Crippen LogP contribution in [0.2, 0.25) is 10.0 Å². The maximum atomic E-state index is 10.6. The Morgan fingerprint density at radius 1 is 1.26 bits per heavy atom. The van der Waals surface area contributed by atoms with Crippen molar-refractivity contribution in [2.45, 2.75) is 32.9 Å². The fourth-order valence-electron chi connectivity index (χ4n) is 2.11. The molecule has 0 saturated carbocycles. The molecule has 0 radical (unpaired) electrons. The largest absolute Gasteiger partial charge is 0.382 e. The van der Waals surface area contributed by atoms with Crippen molar-refractivity contribution in [2.75, 3.05) is 0 Å². The molecule has 0 saturated heterocycles. The van der Waals surface area contributed by atoms with E-state index in [1.165, 1.54) is 0 Å². The topological polar surface area (TPSA) is 38.1 Å². The monoisotopic (exact) mass is 298 g/mol. The van der Waals surface area contributed by atoms with Crippen molar-refractivity contribution in [1.29, 1.82) is 0 Å². The molecule has 1 unspecified atom stereocenters. The van der Waals surface area contributed by atoms with Gasteiger partial charge in [-0.1, -0.05) is 29.3 Å². The minimum atomic E-state index is -0.810. The predicted octanol–water partition coefficient (Wildman–Crippen LogP) is 4.16. The van der Waals surface area contributed by atoms with E-state index in [2.05, 4.69) is 5.10 Å². The van der Waals surface area contributed by atoms with Gasteiger partial charge in [0, 0.05) is 11.1 Å². The molecule has 0 spiro atoms. The first kappa shape index (κ1) is 14.4. The van der Waals surface area contributed by atoms with Crippen LogP contribution >= 0.6 is 23.2 Å². The van der Waals surface area contributed by atoms with Crippen molar-refractivity contribution in [3.05, 3.63) is 51.3 Å². The van der Waals surface area contributed by atoms with Gasteiger partial charge in [-0.25, -0.2) is 0 Å². The van der Waals surface area contributed by atoms with Gasteiger partial charge < -0.3 is 5.11 Å². The minimum Gasteiger partial charge on any atom is -0.382 e. The van der Waals surface area contributed by atoms with Gasteiger partial charge in [-0.15, -0.1) is 0 Å². The molecule has 1 aromatic carbocycles. The molecular weight excluding hydrogens is 283 g/mol. The van der Waals surface area contributed by atoms with E-state index in [0.29, 0.717) is 15.7 Å². The fraction of sp³-hybridized carbons (Fsp3) is 0.357. The van der Waals surface area contributed by atoms with Gasteiger partial charge in [0.05, 0.1) is 16.9 Å². The number of aryl methyl sites for hydroxylation is 1. The normalized spacial score (nSPS) is 13.0. The molecule has 0 bridgehead atoms. The number of halogens is 2. The summed E-state index contributed by atoms with van der Waals surface area (Å²) in [5, 5.41) is 15.9. The Hall–Kier alpha value is -1.03. The lowest BCUT2D eigenvalue weighted by Crippen LogP contribution is -2.13. The lowest BCUT2D eigenvalue weighted by Gasteiger charge is -2.18. The molecule has 0 amide bonds. The molecule has 1 N–H and O–H groups in total. The highest BCUT2D eigenvalue weighted by Gasteiger charge is 2.22. The Balaban J connectivity index is 2.49. The van der Waals surface area contributed by atoms with Crippen LogP contribution < -0.4 is 0 Å². The van der Waals surface area contributed by atoms with Crippen LogP contribution in [0.3, 0.4) is 0 Å². The zero-order valence-corrected chi connectivity index (χ0v) is 12.6. The number of hydrogen-bond donors (Lipinski definition) is 1. The highest BCUT2D eigenvalue weighted by Crippen LogP contribution is 2.32. The molecule has 0 aliphatic rings. The summed E-state index contributed by atoms with van der Waals surface area (Å²) in [5.41, 5.74) is 2.32. The number of aliphatic hydroxyl groups excluding tert-OH is 1. The summed E-state index contributed by atoms with van der Waals surface area (Å²) in [7, 11) is 0. The van der Waals surface area contributed by atoms with Gasteiger partial charge in [-0.2, -0.15) is 5.10 Å². The van der Waals surface area contributed by atoms with Crippen LogP contribution in [-0.4, -0.2) is 14.9 Å². The second kappa shape index (κ2) is 5.53. The lowest BCUT2D eigenvalue weighted by atomic mass is 10.0. The van der Waals surface area contributed by atoms with E-state index in [-0.39, 0.29) is 6.04 Å². The van der Waals surface area contributed by atoms with Gasteiger partial charge in [0.25, 0.3) is 0 Å². The average molecular weight is 299 g/mol. The smallest absolute Gasteiger partial charge is 0.122 e. The molecule has 1 heterocycles. The van der Waals surface area contributed by atoms with Gasteiger partial charge >= 0.3 is 0 Å². The van der Waals surface area contributed by atoms with Crippen LogP contribution in [-0.2, 0) is 0 Å². The first-order valence-corrected chi connectivity index (χ1v) is 6.84. The molecule has 5 heteroatoms. The van der Waals surface area contributed by atoms with Crippen molar-refractivity contribution in [3.8, 4) is 0 Å². The summed E-state index contributed by atoms with van der Waals surface area (Å²) in [6, 6.07) is 5.53. The van der Waals surface area contributed by atoms with Gasteiger partial charge in [-0.05, 0) is 44.0 Å². The number of nitrogens with zero attached hydrogens (tertiary/aromatic N) is 2. The van der Waals surface area contributed by atoms with Crippen LogP contribution in [0.25, 0.3) is 0 Å². The van der Waals surface area contributed by atoms with Gasteiger partial charge in [0.1, 0.15) is 6.10 Å². The van der Waals surface area contributed by atoms with E-state index in [0.717, 1.165) is 11.1 Å². The first-order valence-electron chi connectivity index (χ1n) is 6.08. The molecule has 0 aliphatic carbocycles. The Bertz CT molecular complexity index is 593. The Morgan fingerprint density at radius 2 is 1.95 bits per heavy atom. The molecular formula is C14H16Cl2N2O. The van der Waals surface area contributed by atoms with Gasteiger partial charge in [-0.3, -0.25) is 4.68 Å². The van der Waals surface area contributed by atoms with E-state index in [9.17, 15) is 5.11 Å². The molecule has 0 fully saturated rings. The van der Waals surface area contributed by atoms with Crippen LogP contribution in [0.15, 0.2) is 24.4 Å². The summed E-state index contributed by atoms with van der Waals surface area (Å²) in [6.45, 7) is 5.90. The summed E-state index contributed by atoms with van der Waals surface area (Å²) >= 11 is 12.1. The van der Waals surface area contributed by atoms with E-state index in [1.54, 1.807) is 16.9 Å². The molecule has 2 aromatic rings. The molecule has 2 rings (SSSR count). The predicted molar refractivity (Wildman–Crippen MR) is 77.9 cm³/mol. The zero-order valence-electron chi connectivity index (χ0n) is 11.1.